The van der Waals surface area contributed by atoms with Crippen molar-refractivity contribution < 1.29 is 24.0 Å². The van der Waals surface area contributed by atoms with Crippen LogP contribution in [0.15, 0.2) is 77.5 Å². The Labute approximate surface area is 188 Å². The minimum Gasteiger partial charge on any atom is -0.477 e. The van der Waals surface area contributed by atoms with E-state index in [2.05, 4.69) is 17.0 Å². The molecular weight excluding hydrogens is 432 g/mol. The summed E-state index contributed by atoms with van der Waals surface area (Å²) in [6.07, 6.45) is 3.49. The van der Waals surface area contributed by atoms with Crippen molar-refractivity contribution in [3.8, 4) is 5.75 Å². The smallest absolute Gasteiger partial charge is 0.428 e. The summed E-state index contributed by atoms with van der Waals surface area (Å²) in [6.45, 7) is 2.25. The van der Waals surface area contributed by atoms with E-state index in [0.29, 0.717) is 21.7 Å². The fourth-order valence-electron chi connectivity index (χ4n) is 3.27. The van der Waals surface area contributed by atoms with E-state index < -0.39 is 5.97 Å². The van der Waals surface area contributed by atoms with Crippen molar-refractivity contribution >= 4 is 45.5 Å². The van der Waals surface area contributed by atoms with Crippen molar-refractivity contribution in [2.45, 2.75) is 13.5 Å². The molecule has 0 fully saturated rings. The Kier molecular flexibility index (Phi) is 6.48. The maximum absolute atomic E-state index is 12.8. The number of allylic oxidation sites excluding steroid dienone is 2. The molecule has 0 spiro atoms. The van der Waals surface area contributed by atoms with Gasteiger partial charge in [-0.25, -0.2) is 9.59 Å². The molecule has 1 N–H and O–H groups in total. The molecular formula is C23H21N2O4S2+. The van der Waals surface area contributed by atoms with Crippen molar-refractivity contribution in [3.63, 3.8) is 0 Å². The normalized spacial score (nSPS) is 18.1. The number of ether oxygens (including phenoxy) is 1. The monoisotopic (exact) mass is 453 g/mol. The second kappa shape index (κ2) is 9.45. The standard InChI is InChI=1S/C23H20N2O4S2/c1-2-30-23-25(15-21(26)27)22(28)19(31-23)12-13-20-24(14-16-8-4-3-5-9-16)17-10-6-7-11-18(17)29-20/h3-13H,2,14-15H2,1H3/p+1/b19-12-,20-13+. The largest absolute Gasteiger partial charge is 0.477 e. The van der Waals surface area contributed by atoms with Gasteiger partial charge in [-0.05, 0) is 47.3 Å². The number of anilines is 1. The van der Waals surface area contributed by atoms with Crippen molar-refractivity contribution in [1.29, 1.82) is 0 Å². The van der Waals surface area contributed by atoms with Gasteiger partial charge < -0.3 is 14.7 Å². The Bertz CT molecular complexity index is 1110. The Morgan fingerprint density at radius 2 is 1.90 bits per heavy atom. The molecule has 0 radical (unpaired) electrons. The van der Waals surface area contributed by atoms with Crippen LogP contribution in [0.4, 0.5) is 5.69 Å². The van der Waals surface area contributed by atoms with Gasteiger partial charge in [-0.3, -0.25) is 0 Å². The first-order valence-electron chi connectivity index (χ1n) is 9.78. The highest BCUT2D eigenvalue weighted by atomic mass is 32.2. The number of carbonyl (C=O) groups is 2. The number of para-hydroxylation sites is 2. The van der Waals surface area contributed by atoms with Gasteiger partial charge in [-0.2, -0.15) is 0 Å². The molecule has 2 aliphatic rings. The van der Waals surface area contributed by atoms with Gasteiger partial charge in [0.05, 0.1) is 12.2 Å². The van der Waals surface area contributed by atoms with Crippen LogP contribution in [0.25, 0.3) is 0 Å². The zero-order chi connectivity index (χ0) is 21.8. The molecule has 158 valence electrons. The van der Waals surface area contributed by atoms with Crippen LogP contribution in [0.3, 0.4) is 0 Å². The minimum absolute atomic E-state index is 0.301. The number of nitrogens with zero attached hydrogens (tertiary/aromatic N) is 2. The molecule has 0 unspecified atom stereocenters. The first-order valence-corrected chi connectivity index (χ1v) is 11.6. The van der Waals surface area contributed by atoms with Crippen molar-refractivity contribution in [2.24, 2.45) is 0 Å². The minimum atomic E-state index is -1.04. The van der Waals surface area contributed by atoms with Gasteiger partial charge in [0.1, 0.15) is 4.91 Å². The van der Waals surface area contributed by atoms with E-state index in [1.165, 1.54) is 28.1 Å². The second-order valence-electron chi connectivity index (χ2n) is 6.76. The molecule has 4 rings (SSSR count). The second-order valence-corrected chi connectivity index (χ2v) is 9.31. The molecule has 0 aliphatic carbocycles. The molecule has 0 saturated carbocycles. The highest BCUT2D eigenvalue weighted by Gasteiger charge is 2.39. The van der Waals surface area contributed by atoms with Crippen LogP contribution in [0.5, 0.6) is 5.75 Å². The van der Waals surface area contributed by atoms with Gasteiger partial charge >= 0.3 is 11.9 Å². The first-order chi connectivity index (χ1) is 15.1. The van der Waals surface area contributed by atoms with E-state index >= 15 is 0 Å². The number of rotatable bonds is 6. The molecule has 0 aromatic heterocycles. The summed E-state index contributed by atoms with van der Waals surface area (Å²) in [5.74, 6) is 0.794. The SMILES string of the molecule is CCSC1=[N+](CC(=O)O)C(=O)/C(=C/C=C2/Oc3ccccc3N2Cc2ccccc2)S1. The van der Waals surface area contributed by atoms with Gasteiger partial charge in [0, 0.05) is 11.8 Å². The summed E-state index contributed by atoms with van der Waals surface area (Å²) in [4.78, 5) is 26.5. The lowest BCUT2D eigenvalue weighted by atomic mass is 10.2. The molecule has 8 heteroatoms. The van der Waals surface area contributed by atoms with Crippen molar-refractivity contribution in [3.05, 3.63) is 83.1 Å². The highest BCUT2D eigenvalue weighted by molar-refractivity contribution is 8.40. The third-order valence-corrected chi connectivity index (χ3v) is 6.92. The van der Waals surface area contributed by atoms with Gasteiger partial charge in [-0.1, -0.05) is 49.4 Å². The van der Waals surface area contributed by atoms with E-state index in [0.717, 1.165) is 22.8 Å². The first kappa shape index (κ1) is 21.3. The Balaban J connectivity index is 1.62. The summed E-state index contributed by atoms with van der Waals surface area (Å²) < 4.78 is 8.06. The summed E-state index contributed by atoms with van der Waals surface area (Å²) in [5.41, 5.74) is 2.10. The maximum atomic E-state index is 12.8. The Morgan fingerprint density at radius 3 is 2.65 bits per heavy atom. The number of carboxylic acids is 1. The summed E-state index contributed by atoms with van der Waals surface area (Å²) >= 11 is 2.77. The third kappa shape index (κ3) is 4.70. The molecule has 1 amide bonds. The highest BCUT2D eigenvalue weighted by Crippen LogP contribution is 2.40. The number of aliphatic carboxylic acids is 1. The van der Waals surface area contributed by atoms with Crippen molar-refractivity contribution in [2.75, 3.05) is 17.2 Å². The number of fused-ring (bicyclic) bond motifs is 1. The lowest BCUT2D eigenvalue weighted by molar-refractivity contribution is -0.429. The summed E-state index contributed by atoms with van der Waals surface area (Å²) in [6, 6.07) is 17.9. The quantitative estimate of drug-likeness (QED) is 0.517. The average Bonchev–Trinajstić information content (AvgIpc) is 3.25. The van der Waals surface area contributed by atoms with E-state index in [-0.39, 0.29) is 12.5 Å². The van der Waals surface area contributed by atoms with E-state index in [4.69, 9.17) is 9.84 Å². The van der Waals surface area contributed by atoms with Crippen LogP contribution in [-0.4, -0.2) is 38.2 Å². The molecule has 2 aromatic carbocycles. The summed E-state index contributed by atoms with van der Waals surface area (Å²) in [5, 5.41) is 9.16. The number of carboxylic acid groups (broad SMARTS) is 1. The molecule has 0 saturated heterocycles. The number of carbonyl (C=O) groups excluding carboxylic acids is 1. The molecule has 6 nitrogen and oxygen atoms in total. The van der Waals surface area contributed by atoms with Crippen LogP contribution >= 0.6 is 23.5 Å². The lowest BCUT2D eigenvalue weighted by Crippen LogP contribution is -2.26. The molecule has 2 aliphatic heterocycles. The number of amides is 1. The zero-order valence-corrected chi connectivity index (χ0v) is 18.5. The number of thioether (sulfide) groups is 2. The van der Waals surface area contributed by atoms with Crippen molar-refractivity contribution in [1.82, 2.24) is 0 Å². The lowest BCUT2D eigenvalue weighted by Gasteiger charge is -2.18. The zero-order valence-electron chi connectivity index (χ0n) is 16.9. The molecule has 31 heavy (non-hydrogen) atoms. The Hall–Kier alpha value is -2.97. The molecule has 2 heterocycles. The summed E-state index contributed by atoms with van der Waals surface area (Å²) in [7, 11) is 0. The van der Waals surface area contributed by atoms with Gasteiger partial charge in [0.15, 0.2) is 5.75 Å². The van der Waals surface area contributed by atoms with E-state index in [9.17, 15) is 9.59 Å². The predicted octanol–water partition coefficient (Wildman–Crippen LogP) is 4.29. The molecule has 0 bridgehead atoms. The van der Waals surface area contributed by atoms with Gasteiger partial charge in [-0.15, -0.1) is 4.58 Å². The predicted molar refractivity (Wildman–Crippen MR) is 124 cm³/mol. The fraction of sp³-hybridized carbons (Fsp3) is 0.174. The van der Waals surface area contributed by atoms with Crippen LogP contribution in [0, 0.1) is 0 Å². The van der Waals surface area contributed by atoms with E-state index in [1.807, 2.05) is 49.4 Å². The van der Waals surface area contributed by atoms with Gasteiger partial charge in [0.25, 0.3) is 4.38 Å². The molecule has 2 aromatic rings. The van der Waals surface area contributed by atoms with Crippen LogP contribution in [-0.2, 0) is 16.1 Å². The number of hydrogen-bond acceptors (Lipinski definition) is 6. The van der Waals surface area contributed by atoms with Gasteiger partial charge in [0.2, 0.25) is 12.4 Å². The third-order valence-electron chi connectivity index (χ3n) is 4.63. The number of hydrogen-bond donors (Lipinski definition) is 1. The average molecular weight is 454 g/mol. The van der Waals surface area contributed by atoms with E-state index in [1.54, 1.807) is 12.2 Å². The fourth-order valence-corrected chi connectivity index (χ4v) is 5.46. The van der Waals surface area contributed by atoms with Crippen LogP contribution in [0.1, 0.15) is 12.5 Å². The van der Waals surface area contributed by atoms with Crippen LogP contribution in [0.2, 0.25) is 0 Å². The molecule has 0 atom stereocenters. The number of benzene rings is 2. The topological polar surface area (TPSA) is 69.8 Å². The van der Waals surface area contributed by atoms with Crippen LogP contribution < -0.4 is 9.64 Å². The maximum Gasteiger partial charge on any atom is 0.428 e. The Morgan fingerprint density at radius 1 is 1.16 bits per heavy atom.